The molecule has 196 valence electrons. The normalized spacial score (nSPS) is 25.4. The van der Waals surface area contributed by atoms with Crippen molar-refractivity contribution in [3.8, 4) is 0 Å². The quantitative estimate of drug-likeness (QED) is 0.343. The number of hydrogen-bond donors (Lipinski definition) is 1. The number of carbonyl (C=O) groups is 1. The Kier molecular flexibility index (Phi) is 8.54. The highest BCUT2D eigenvalue weighted by Crippen LogP contribution is 2.53. The second-order valence-corrected chi connectivity index (χ2v) is 11.0. The number of halogens is 5. The molecular formula is C28H32Cl2F3NO2. The standard InChI is InChI=1S/C28H32Cl2F3NO2/c1-5-14-26(3)17-23(19-8-7-9-21(30)15-19)24(18-10-12-20(29)13-11-18)34(25(26)35)22(6-2)16-27(4,36)28(31,32)33/h5,7-13,15,22-24,36H,1,6,14,16-17H2,2-4H3. The van der Waals surface area contributed by atoms with Crippen LogP contribution < -0.4 is 0 Å². The second-order valence-electron chi connectivity index (χ2n) is 10.2. The molecule has 1 amide bonds. The van der Waals surface area contributed by atoms with Crippen molar-refractivity contribution in [1.29, 1.82) is 0 Å². The van der Waals surface area contributed by atoms with Gasteiger partial charge in [-0.25, -0.2) is 0 Å². The van der Waals surface area contributed by atoms with Crippen LogP contribution in [0.25, 0.3) is 0 Å². The Hall–Kier alpha value is -2.02. The van der Waals surface area contributed by atoms with Crippen molar-refractivity contribution in [3.05, 3.63) is 82.4 Å². The van der Waals surface area contributed by atoms with E-state index in [9.17, 15) is 23.1 Å². The molecule has 0 bridgehead atoms. The van der Waals surface area contributed by atoms with Crippen molar-refractivity contribution in [3.63, 3.8) is 0 Å². The lowest BCUT2D eigenvalue weighted by Gasteiger charge is -2.53. The molecule has 0 saturated carbocycles. The number of hydrogen-bond acceptors (Lipinski definition) is 2. The summed E-state index contributed by atoms with van der Waals surface area (Å²) in [6, 6.07) is 12.9. The van der Waals surface area contributed by atoms with Gasteiger partial charge in [0.05, 0.1) is 11.5 Å². The van der Waals surface area contributed by atoms with Crippen LogP contribution in [0.5, 0.6) is 0 Å². The molecule has 2 aromatic rings. The van der Waals surface area contributed by atoms with Gasteiger partial charge in [-0.05, 0) is 61.6 Å². The Morgan fingerprint density at radius 1 is 1.17 bits per heavy atom. The summed E-state index contributed by atoms with van der Waals surface area (Å²) in [5, 5.41) is 11.4. The van der Waals surface area contributed by atoms with Crippen LogP contribution in [0.15, 0.2) is 61.2 Å². The predicted molar refractivity (Wildman–Crippen MR) is 138 cm³/mol. The molecule has 0 aromatic heterocycles. The molecule has 0 radical (unpaired) electrons. The van der Waals surface area contributed by atoms with E-state index in [2.05, 4.69) is 6.58 Å². The van der Waals surface area contributed by atoms with Gasteiger partial charge >= 0.3 is 6.18 Å². The molecule has 1 fully saturated rings. The van der Waals surface area contributed by atoms with Gasteiger partial charge in [-0.2, -0.15) is 13.2 Å². The first-order valence-electron chi connectivity index (χ1n) is 12.0. The molecule has 0 spiro atoms. The largest absolute Gasteiger partial charge is 0.416 e. The van der Waals surface area contributed by atoms with E-state index in [0.717, 1.165) is 18.1 Å². The molecule has 1 heterocycles. The van der Waals surface area contributed by atoms with Gasteiger partial charge < -0.3 is 10.0 Å². The fourth-order valence-corrected chi connectivity index (χ4v) is 5.63. The van der Waals surface area contributed by atoms with Gasteiger partial charge in [0, 0.05) is 28.4 Å². The van der Waals surface area contributed by atoms with Crippen molar-refractivity contribution in [2.75, 3.05) is 0 Å². The molecular weight excluding hydrogens is 510 g/mol. The van der Waals surface area contributed by atoms with E-state index in [4.69, 9.17) is 23.2 Å². The highest BCUT2D eigenvalue weighted by atomic mass is 35.5. The van der Waals surface area contributed by atoms with Crippen LogP contribution in [0.1, 0.15) is 69.5 Å². The maximum absolute atomic E-state index is 14.1. The van der Waals surface area contributed by atoms with E-state index in [-0.39, 0.29) is 18.2 Å². The Labute approximate surface area is 220 Å². The zero-order valence-electron chi connectivity index (χ0n) is 20.7. The molecule has 5 unspecified atom stereocenters. The summed E-state index contributed by atoms with van der Waals surface area (Å²) >= 11 is 12.5. The van der Waals surface area contributed by atoms with E-state index >= 15 is 0 Å². The number of aliphatic hydroxyl groups is 1. The number of carbonyl (C=O) groups excluding carboxylic acids is 1. The average molecular weight is 542 g/mol. The van der Waals surface area contributed by atoms with Crippen molar-refractivity contribution in [2.45, 2.75) is 76.2 Å². The molecule has 2 aromatic carbocycles. The van der Waals surface area contributed by atoms with Crippen LogP contribution in [0, 0.1) is 5.41 Å². The molecule has 8 heteroatoms. The lowest BCUT2D eigenvalue weighted by molar-refractivity contribution is -0.259. The van der Waals surface area contributed by atoms with Crippen LogP contribution in [0.2, 0.25) is 10.0 Å². The topological polar surface area (TPSA) is 40.5 Å². The van der Waals surface area contributed by atoms with Crippen molar-refractivity contribution >= 4 is 29.1 Å². The minimum atomic E-state index is -4.84. The molecule has 3 nitrogen and oxygen atoms in total. The Bertz CT molecular complexity index is 1090. The van der Waals surface area contributed by atoms with E-state index in [1.165, 1.54) is 0 Å². The van der Waals surface area contributed by atoms with Gasteiger partial charge in [-0.15, -0.1) is 6.58 Å². The minimum Gasteiger partial charge on any atom is -0.381 e. The second kappa shape index (κ2) is 10.8. The lowest BCUT2D eigenvalue weighted by Crippen LogP contribution is -2.58. The highest BCUT2D eigenvalue weighted by Gasteiger charge is 2.55. The highest BCUT2D eigenvalue weighted by molar-refractivity contribution is 6.30. The molecule has 1 N–H and O–H groups in total. The number of piperidine rings is 1. The van der Waals surface area contributed by atoms with Crippen LogP contribution in [-0.4, -0.2) is 33.7 Å². The smallest absolute Gasteiger partial charge is 0.381 e. The molecule has 1 aliphatic heterocycles. The zero-order chi connectivity index (χ0) is 26.9. The third-order valence-electron chi connectivity index (χ3n) is 7.29. The molecule has 36 heavy (non-hydrogen) atoms. The summed E-state index contributed by atoms with van der Waals surface area (Å²) in [5.41, 5.74) is -2.22. The zero-order valence-corrected chi connectivity index (χ0v) is 22.2. The number of alkyl halides is 3. The van der Waals surface area contributed by atoms with Gasteiger partial charge in [0.2, 0.25) is 5.91 Å². The van der Waals surface area contributed by atoms with Gasteiger partial charge in [0.25, 0.3) is 0 Å². The maximum atomic E-state index is 14.1. The number of rotatable bonds is 8. The minimum absolute atomic E-state index is 0.231. The third-order valence-corrected chi connectivity index (χ3v) is 7.78. The number of likely N-dealkylation sites (tertiary alicyclic amines) is 1. The van der Waals surface area contributed by atoms with Crippen LogP contribution >= 0.6 is 23.2 Å². The molecule has 5 atom stereocenters. The van der Waals surface area contributed by atoms with Gasteiger partial charge in [0.1, 0.15) is 0 Å². The van der Waals surface area contributed by atoms with Gasteiger partial charge in [0.15, 0.2) is 5.60 Å². The van der Waals surface area contributed by atoms with Gasteiger partial charge in [-0.3, -0.25) is 4.79 Å². The fraction of sp³-hybridized carbons (Fsp3) is 0.464. The van der Waals surface area contributed by atoms with E-state index in [1.807, 2.05) is 25.1 Å². The lowest BCUT2D eigenvalue weighted by atomic mass is 9.66. The van der Waals surface area contributed by atoms with E-state index < -0.39 is 35.7 Å². The number of benzene rings is 2. The number of nitrogens with zero attached hydrogens (tertiary/aromatic N) is 1. The summed E-state index contributed by atoms with van der Waals surface area (Å²) in [5.74, 6) is -0.525. The van der Waals surface area contributed by atoms with E-state index in [0.29, 0.717) is 22.9 Å². The molecule has 3 rings (SSSR count). The summed E-state index contributed by atoms with van der Waals surface area (Å²) in [6.45, 7) is 8.14. The van der Waals surface area contributed by atoms with Gasteiger partial charge in [-0.1, -0.05) is 67.4 Å². The Balaban J connectivity index is 2.24. The first kappa shape index (κ1) is 28.5. The number of allylic oxidation sites excluding steroid dienone is 1. The SMILES string of the molecule is C=CCC1(C)CC(c2cccc(Cl)c2)C(c2ccc(Cl)cc2)N(C(CC)CC(C)(O)C(F)(F)F)C1=O. The Morgan fingerprint density at radius 3 is 2.33 bits per heavy atom. The fourth-order valence-electron chi connectivity index (χ4n) is 5.30. The average Bonchev–Trinajstić information content (AvgIpc) is 2.79. The molecule has 0 aliphatic carbocycles. The summed E-state index contributed by atoms with van der Waals surface area (Å²) < 4.78 is 41.2. The number of amides is 1. The van der Waals surface area contributed by atoms with Crippen molar-refractivity contribution < 1.29 is 23.1 Å². The summed E-state index contributed by atoms with van der Waals surface area (Å²) in [6.07, 6.45) is -2.77. The Morgan fingerprint density at radius 2 is 1.81 bits per heavy atom. The van der Waals surface area contributed by atoms with Crippen molar-refractivity contribution in [1.82, 2.24) is 4.90 Å². The molecule has 1 saturated heterocycles. The van der Waals surface area contributed by atoms with Crippen molar-refractivity contribution in [2.24, 2.45) is 5.41 Å². The summed E-state index contributed by atoms with van der Waals surface area (Å²) in [7, 11) is 0. The van der Waals surface area contributed by atoms with Crippen LogP contribution in [-0.2, 0) is 4.79 Å². The van der Waals surface area contributed by atoms with Crippen LogP contribution in [0.4, 0.5) is 13.2 Å². The first-order chi connectivity index (χ1) is 16.7. The van der Waals surface area contributed by atoms with Crippen LogP contribution in [0.3, 0.4) is 0 Å². The third kappa shape index (κ3) is 5.76. The molecule has 1 aliphatic rings. The van der Waals surface area contributed by atoms with E-state index in [1.54, 1.807) is 48.2 Å². The monoisotopic (exact) mass is 541 g/mol. The maximum Gasteiger partial charge on any atom is 0.416 e. The first-order valence-corrected chi connectivity index (χ1v) is 12.7. The summed E-state index contributed by atoms with van der Waals surface area (Å²) in [4.78, 5) is 15.7. The predicted octanol–water partition coefficient (Wildman–Crippen LogP) is 8.12.